The molecule has 1 aliphatic rings. The van der Waals surface area contributed by atoms with Crippen LogP contribution in [0.3, 0.4) is 0 Å². The van der Waals surface area contributed by atoms with Crippen molar-refractivity contribution in [2.45, 2.75) is 13.0 Å². The molecule has 1 saturated heterocycles. The molecule has 1 amide bonds. The van der Waals surface area contributed by atoms with Crippen LogP contribution < -0.4 is 10.2 Å². The normalized spacial score (nSPS) is 17.4. The van der Waals surface area contributed by atoms with Crippen LogP contribution in [0.2, 0.25) is 0 Å². The second-order valence-electron chi connectivity index (χ2n) is 5.85. The van der Waals surface area contributed by atoms with Gasteiger partial charge in [0.15, 0.2) is 17.5 Å². The van der Waals surface area contributed by atoms with Crippen molar-refractivity contribution in [1.82, 2.24) is 0 Å². The SMILES string of the molecule is CC1CN(c2ccc(NC(=O)c3ccc(F)c(F)c3F)cc2)CCO1. The minimum atomic E-state index is -1.66. The molecule has 0 aromatic heterocycles. The first kappa shape index (κ1) is 17.3. The zero-order valence-electron chi connectivity index (χ0n) is 13.6. The monoisotopic (exact) mass is 350 g/mol. The van der Waals surface area contributed by atoms with Crippen LogP contribution in [0, 0.1) is 17.5 Å². The summed E-state index contributed by atoms with van der Waals surface area (Å²) < 4.78 is 45.3. The Morgan fingerprint density at radius 1 is 1.12 bits per heavy atom. The van der Waals surface area contributed by atoms with E-state index in [0.717, 1.165) is 30.9 Å². The number of benzene rings is 2. The number of hydrogen-bond acceptors (Lipinski definition) is 3. The van der Waals surface area contributed by atoms with Crippen LogP contribution >= 0.6 is 0 Å². The molecule has 1 heterocycles. The smallest absolute Gasteiger partial charge is 0.258 e. The fourth-order valence-corrected chi connectivity index (χ4v) is 2.71. The van der Waals surface area contributed by atoms with Crippen LogP contribution in [-0.2, 0) is 4.74 Å². The Balaban J connectivity index is 1.71. The minimum Gasteiger partial charge on any atom is -0.375 e. The number of rotatable bonds is 3. The number of carbonyl (C=O) groups excluding carboxylic acids is 1. The van der Waals surface area contributed by atoms with Gasteiger partial charge in [-0.15, -0.1) is 0 Å². The van der Waals surface area contributed by atoms with E-state index in [-0.39, 0.29) is 6.10 Å². The Labute approximate surface area is 143 Å². The predicted octanol–water partition coefficient (Wildman–Crippen LogP) is 3.58. The summed E-state index contributed by atoms with van der Waals surface area (Å²) in [5.41, 5.74) is 0.858. The molecule has 0 radical (unpaired) electrons. The van der Waals surface area contributed by atoms with Crippen LogP contribution in [0.5, 0.6) is 0 Å². The lowest BCUT2D eigenvalue weighted by Gasteiger charge is -2.33. The maximum absolute atomic E-state index is 13.7. The van der Waals surface area contributed by atoms with E-state index in [0.29, 0.717) is 12.3 Å². The maximum atomic E-state index is 13.7. The van der Waals surface area contributed by atoms with E-state index in [4.69, 9.17) is 4.74 Å². The fourth-order valence-electron chi connectivity index (χ4n) is 2.71. The summed E-state index contributed by atoms with van der Waals surface area (Å²) in [5, 5.41) is 2.47. The van der Waals surface area contributed by atoms with Crippen LogP contribution in [-0.4, -0.2) is 31.7 Å². The number of amides is 1. The van der Waals surface area contributed by atoms with E-state index in [9.17, 15) is 18.0 Å². The van der Waals surface area contributed by atoms with Gasteiger partial charge in [0.25, 0.3) is 5.91 Å². The number of carbonyl (C=O) groups is 1. The van der Waals surface area contributed by atoms with Gasteiger partial charge in [0, 0.05) is 24.5 Å². The molecule has 1 unspecified atom stereocenters. The highest BCUT2D eigenvalue weighted by Crippen LogP contribution is 2.22. The van der Waals surface area contributed by atoms with E-state index in [1.54, 1.807) is 12.1 Å². The summed E-state index contributed by atoms with van der Waals surface area (Å²) in [7, 11) is 0. The third-order valence-electron chi connectivity index (χ3n) is 4.01. The predicted molar refractivity (Wildman–Crippen MR) is 88.3 cm³/mol. The van der Waals surface area contributed by atoms with E-state index < -0.39 is 28.9 Å². The number of morpholine rings is 1. The average Bonchev–Trinajstić information content (AvgIpc) is 2.60. The number of halogens is 3. The van der Waals surface area contributed by atoms with Crippen LogP contribution in [0.25, 0.3) is 0 Å². The van der Waals surface area contributed by atoms with E-state index in [1.807, 2.05) is 19.1 Å². The van der Waals surface area contributed by atoms with Crippen molar-refractivity contribution in [3.05, 3.63) is 59.4 Å². The third-order valence-corrected chi connectivity index (χ3v) is 4.01. The molecule has 1 atom stereocenters. The Morgan fingerprint density at radius 2 is 1.84 bits per heavy atom. The molecule has 1 fully saturated rings. The van der Waals surface area contributed by atoms with Gasteiger partial charge < -0.3 is 15.0 Å². The summed E-state index contributed by atoms with van der Waals surface area (Å²) >= 11 is 0. The highest BCUT2D eigenvalue weighted by Gasteiger charge is 2.19. The lowest BCUT2D eigenvalue weighted by Crippen LogP contribution is -2.41. The molecule has 2 aromatic rings. The number of ether oxygens (including phenoxy) is 1. The molecule has 1 aliphatic heterocycles. The molecular weight excluding hydrogens is 333 g/mol. The fraction of sp³-hybridized carbons (Fsp3) is 0.278. The standard InChI is InChI=1S/C18H17F3N2O2/c1-11-10-23(8-9-25-11)13-4-2-12(3-5-13)22-18(24)14-6-7-15(19)17(21)16(14)20/h2-7,11H,8-10H2,1H3,(H,22,24). The number of anilines is 2. The second-order valence-corrected chi connectivity index (χ2v) is 5.85. The molecule has 4 nitrogen and oxygen atoms in total. The molecular formula is C18H17F3N2O2. The van der Waals surface area contributed by atoms with E-state index in [2.05, 4.69) is 10.2 Å². The molecule has 1 N–H and O–H groups in total. The molecule has 132 valence electrons. The largest absolute Gasteiger partial charge is 0.375 e. The molecule has 2 aromatic carbocycles. The zero-order chi connectivity index (χ0) is 18.0. The lowest BCUT2D eigenvalue weighted by molar-refractivity contribution is 0.0532. The summed E-state index contributed by atoms with van der Waals surface area (Å²) in [6.07, 6.45) is 0.143. The van der Waals surface area contributed by atoms with Crippen molar-refractivity contribution in [3.63, 3.8) is 0 Å². The average molecular weight is 350 g/mol. The van der Waals surface area contributed by atoms with Crippen molar-refractivity contribution in [3.8, 4) is 0 Å². The van der Waals surface area contributed by atoms with Gasteiger partial charge in [-0.05, 0) is 43.3 Å². The van der Waals surface area contributed by atoms with Gasteiger partial charge >= 0.3 is 0 Å². The minimum absolute atomic E-state index is 0.143. The first-order chi connectivity index (χ1) is 12.0. The summed E-state index contributed by atoms with van der Waals surface area (Å²) in [6, 6.07) is 8.63. The van der Waals surface area contributed by atoms with Gasteiger partial charge in [-0.25, -0.2) is 13.2 Å². The first-order valence-electron chi connectivity index (χ1n) is 7.87. The second kappa shape index (κ2) is 7.14. The van der Waals surface area contributed by atoms with Crippen molar-refractivity contribution in [2.24, 2.45) is 0 Å². The number of nitrogens with zero attached hydrogens (tertiary/aromatic N) is 1. The van der Waals surface area contributed by atoms with Gasteiger partial charge in [-0.1, -0.05) is 0 Å². The summed E-state index contributed by atoms with van der Waals surface area (Å²) in [5.74, 6) is -5.34. The van der Waals surface area contributed by atoms with Crippen LogP contribution in [0.1, 0.15) is 17.3 Å². The van der Waals surface area contributed by atoms with E-state index >= 15 is 0 Å². The maximum Gasteiger partial charge on any atom is 0.258 e. The summed E-state index contributed by atoms with van der Waals surface area (Å²) in [4.78, 5) is 14.2. The zero-order valence-corrected chi connectivity index (χ0v) is 13.6. The van der Waals surface area contributed by atoms with Gasteiger partial charge in [0.1, 0.15) is 0 Å². The molecule has 7 heteroatoms. The summed E-state index contributed by atoms with van der Waals surface area (Å²) in [6.45, 7) is 4.19. The molecule has 0 spiro atoms. The highest BCUT2D eigenvalue weighted by molar-refractivity contribution is 6.04. The molecule has 0 saturated carbocycles. The molecule has 0 aliphatic carbocycles. The third kappa shape index (κ3) is 3.76. The van der Waals surface area contributed by atoms with Crippen molar-refractivity contribution >= 4 is 17.3 Å². The number of nitrogens with one attached hydrogen (secondary N) is 1. The Hall–Kier alpha value is -2.54. The molecule has 25 heavy (non-hydrogen) atoms. The Kier molecular flexibility index (Phi) is 4.94. The molecule has 3 rings (SSSR count). The topological polar surface area (TPSA) is 41.6 Å². The number of hydrogen-bond donors (Lipinski definition) is 1. The quantitative estimate of drug-likeness (QED) is 0.861. The van der Waals surface area contributed by atoms with Crippen molar-refractivity contribution in [2.75, 3.05) is 29.9 Å². The first-order valence-corrected chi connectivity index (χ1v) is 7.87. The van der Waals surface area contributed by atoms with Crippen LogP contribution in [0.4, 0.5) is 24.5 Å². The van der Waals surface area contributed by atoms with Crippen molar-refractivity contribution in [1.29, 1.82) is 0 Å². The van der Waals surface area contributed by atoms with Gasteiger partial charge in [0.05, 0.1) is 18.3 Å². The molecule has 0 bridgehead atoms. The van der Waals surface area contributed by atoms with Crippen LogP contribution in [0.15, 0.2) is 36.4 Å². The van der Waals surface area contributed by atoms with E-state index in [1.165, 1.54) is 0 Å². The lowest BCUT2D eigenvalue weighted by atomic mass is 10.1. The van der Waals surface area contributed by atoms with Gasteiger partial charge in [-0.2, -0.15) is 0 Å². The van der Waals surface area contributed by atoms with Gasteiger partial charge in [0.2, 0.25) is 0 Å². The van der Waals surface area contributed by atoms with Gasteiger partial charge in [-0.3, -0.25) is 4.79 Å². The highest BCUT2D eigenvalue weighted by atomic mass is 19.2. The Bertz CT molecular complexity index is 781. The Morgan fingerprint density at radius 3 is 2.52 bits per heavy atom. The van der Waals surface area contributed by atoms with Crippen molar-refractivity contribution < 1.29 is 22.7 Å².